The predicted octanol–water partition coefficient (Wildman–Crippen LogP) is 9.47. The van der Waals surface area contributed by atoms with E-state index in [4.69, 9.17) is 37.9 Å². The van der Waals surface area contributed by atoms with Crippen LogP contribution in [0.15, 0.2) is 0 Å². The minimum Gasteiger partial charge on any atom is -0.350 e. The zero-order valence-corrected chi connectivity index (χ0v) is 34.8. The van der Waals surface area contributed by atoms with E-state index in [1.54, 1.807) is 0 Å². The summed E-state index contributed by atoms with van der Waals surface area (Å²) in [5, 5.41) is 0. The molecule has 0 spiro atoms. The van der Waals surface area contributed by atoms with E-state index in [9.17, 15) is 0 Å². The zero-order valence-electron chi connectivity index (χ0n) is 34.8. The summed E-state index contributed by atoms with van der Waals surface area (Å²) in [6, 6.07) is 0. The fourth-order valence-electron chi connectivity index (χ4n) is 9.48. The van der Waals surface area contributed by atoms with Crippen LogP contribution in [0.4, 0.5) is 0 Å². The lowest BCUT2D eigenvalue weighted by Gasteiger charge is -2.52. The van der Waals surface area contributed by atoms with Crippen molar-refractivity contribution in [2.75, 3.05) is 0 Å². The van der Waals surface area contributed by atoms with Gasteiger partial charge < -0.3 is 37.9 Å². The SMILES string of the molecule is CCC1OC(OC(C)C)C(C)C(C)C1OC1OC(CC)C(OC2OC(CC)C(OC3OC(CC)C(C(C)C)C(C)C3C)C(C)C2C)C(C)C1C. The maximum absolute atomic E-state index is 7.02. The Morgan fingerprint density at radius 3 is 1.02 bits per heavy atom. The van der Waals surface area contributed by atoms with Crippen molar-refractivity contribution in [2.24, 2.45) is 59.2 Å². The van der Waals surface area contributed by atoms with Crippen molar-refractivity contribution in [1.29, 1.82) is 0 Å². The van der Waals surface area contributed by atoms with Crippen molar-refractivity contribution >= 4 is 0 Å². The topological polar surface area (TPSA) is 73.8 Å². The van der Waals surface area contributed by atoms with Gasteiger partial charge in [0.15, 0.2) is 25.2 Å². The second-order valence-corrected chi connectivity index (χ2v) is 17.5. The monoisotopic (exact) mass is 711 g/mol. The largest absolute Gasteiger partial charge is 0.350 e. The summed E-state index contributed by atoms with van der Waals surface area (Å²) in [5.74, 6) is 3.19. The van der Waals surface area contributed by atoms with Crippen LogP contribution in [0.1, 0.15) is 136 Å². The van der Waals surface area contributed by atoms with Crippen molar-refractivity contribution in [3.63, 3.8) is 0 Å². The molecule has 0 saturated carbocycles. The van der Waals surface area contributed by atoms with Crippen LogP contribution < -0.4 is 0 Å². The Kier molecular flexibility index (Phi) is 15.6. The van der Waals surface area contributed by atoms with Crippen molar-refractivity contribution < 1.29 is 37.9 Å². The normalized spacial score (nSPS) is 49.1. The summed E-state index contributed by atoms with van der Waals surface area (Å²) in [5.41, 5.74) is 0. The summed E-state index contributed by atoms with van der Waals surface area (Å²) in [4.78, 5) is 0. The molecule has 0 N–H and O–H groups in total. The van der Waals surface area contributed by atoms with Gasteiger partial charge in [0, 0.05) is 23.7 Å². The highest BCUT2D eigenvalue weighted by Gasteiger charge is 2.51. The molecule has 50 heavy (non-hydrogen) atoms. The quantitative estimate of drug-likeness (QED) is 0.187. The molecule has 4 heterocycles. The van der Waals surface area contributed by atoms with Gasteiger partial charge in [-0.1, -0.05) is 96.9 Å². The number of rotatable bonds is 13. The predicted molar refractivity (Wildman–Crippen MR) is 198 cm³/mol. The molecule has 4 aliphatic heterocycles. The van der Waals surface area contributed by atoms with Gasteiger partial charge in [0.25, 0.3) is 0 Å². The van der Waals surface area contributed by atoms with Crippen LogP contribution in [-0.4, -0.2) is 74.0 Å². The molecule has 294 valence electrons. The molecule has 20 unspecified atom stereocenters. The minimum atomic E-state index is -0.336. The molecule has 8 nitrogen and oxygen atoms in total. The van der Waals surface area contributed by atoms with E-state index >= 15 is 0 Å². The van der Waals surface area contributed by atoms with Gasteiger partial charge in [-0.15, -0.1) is 0 Å². The Labute approximate surface area is 307 Å². The third-order valence-corrected chi connectivity index (χ3v) is 13.6. The number of hydrogen-bond acceptors (Lipinski definition) is 8. The molecule has 0 aromatic rings. The third-order valence-electron chi connectivity index (χ3n) is 13.6. The average Bonchev–Trinajstić information content (AvgIpc) is 3.08. The highest BCUT2D eigenvalue weighted by atomic mass is 16.7. The fraction of sp³-hybridized carbons (Fsp3) is 1.00. The smallest absolute Gasteiger partial charge is 0.161 e. The maximum Gasteiger partial charge on any atom is 0.161 e. The average molecular weight is 711 g/mol. The van der Waals surface area contributed by atoms with E-state index in [1.165, 1.54) is 0 Å². The van der Waals surface area contributed by atoms with Gasteiger partial charge in [-0.3, -0.25) is 0 Å². The lowest BCUT2D eigenvalue weighted by Crippen LogP contribution is -2.59. The van der Waals surface area contributed by atoms with Crippen LogP contribution in [0.5, 0.6) is 0 Å². The van der Waals surface area contributed by atoms with Gasteiger partial charge in [0.2, 0.25) is 0 Å². The summed E-state index contributed by atoms with van der Waals surface area (Å²) >= 11 is 0. The summed E-state index contributed by atoms with van der Waals surface area (Å²) in [6.45, 7) is 35.9. The molecular formula is C42H78O8. The molecule has 4 saturated heterocycles. The Morgan fingerprint density at radius 1 is 0.400 bits per heavy atom. The lowest BCUT2D eigenvalue weighted by atomic mass is 9.71. The molecule has 4 aliphatic rings. The first-order valence-electron chi connectivity index (χ1n) is 20.8. The van der Waals surface area contributed by atoms with E-state index in [0.717, 1.165) is 25.7 Å². The third kappa shape index (κ3) is 8.96. The molecule has 0 aromatic heterocycles. The highest BCUT2D eigenvalue weighted by molar-refractivity contribution is 4.93. The minimum absolute atomic E-state index is 0.0427. The second kappa shape index (κ2) is 18.3. The molecular weight excluding hydrogens is 632 g/mol. The maximum atomic E-state index is 7.02. The molecule has 4 rings (SSSR count). The van der Waals surface area contributed by atoms with E-state index in [0.29, 0.717) is 23.7 Å². The van der Waals surface area contributed by atoms with Gasteiger partial charge in [-0.05, 0) is 75.0 Å². The molecule has 0 bridgehead atoms. The fourth-order valence-corrected chi connectivity index (χ4v) is 9.48. The number of ether oxygens (including phenoxy) is 8. The molecule has 0 radical (unpaired) electrons. The van der Waals surface area contributed by atoms with Crippen LogP contribution >= 0.6 is 0 Å². The standard InChI is InChI=1S/C42H78O8/c1-17-31-35(21(5)6)23(9)27(13)40(44-31)48-37-25(11)29(15)42(46-33(37)19-3)50-38-26(12)30(16)41(47-34(38)20-4)49-36-24(10)28(14)39(43-22(7)8)45-32(36)18-2/h21-42H,17-20H2,1-16H3. The molecule has 8 heteroatoms. The van der Waals surface area contributed by atoms with Gasteiger partial charge in [0.1, 0.15) is 0 Å². The summed E-state index contributed by atoms with van der Waals surface area (Å²) < 4.78 is 54.0. The van der Waals surface area contributed by atoms with Crippen molar-refractivity contribution in [2.45, 2.75) is 210 Å². The first-order valence-corrected chi connectivity index (χ1v) is 20.8. The summed E-state index contributed by atoms with van der Waals surface area (Å²) in [7, 11) is 0. The van der Waals surface area contributed by atoms with E-state index in [1.807, 2.05) is 0 Å². The van der Waals surface area contributed by atoms with Crippen molar-refractivity contribution in [3.8, 4) is 0 Å². The molecule has 0 aromatic carbocycles. The van der Waals surface area contributed by atoms with E-state index in [2.05, 4.69) is 111 Å². The molecule has 0 amide bonds. The molecule has 20 atom stereocenters. The van der Waals surface area contributed by atoms with Gasteiger partial charge in [-0.2, -0.15) is 0 Å². The summed E-state index contributed by atoms with van der Waals surface area (Å²) in [6.07, 6.45) is 2.34. The molecule has 0 aliphatic carbocycles. The molecule has 4 fully saturated rings. The van der Waals surface area contributed by atoms with Gasteiger partial charge >= 0.3 is 0 Å². The number of hydrogen-bond donors (Lipinski definition) is 0. The first-order chi connectivity index (χ1) is 23.6. The Bertz CT molecular complexity index is 1000. The first kappa shape index (κ1) is 42.4. The second-order valence-electron chi connectivity index (χ2n) is 17.5. The Hall–Kier alpha value is -0.320. The Balaban J connectivity index is 1.43. The van der Waals surface area contributed by atoms with Crippen LogP contribution in [0.2, 0.25) is 0 Å². The van der Waals surface area contributed by atoms with Crippen LogP contribution in [0.25, 0.3) is 0 Å². The van der Waals surface area contributed by atoms with Crippen molar-refractivity contribution in [3.05, 3.63) is 0 Å². The van der Waals surface area contributed by atoms with E-state index in [-0.39, 0.29) is 109 Å². The lowest BCUT2D eigenvalue weighted by molar-refractivity contribution is -0.360. The zero-order chi connectivity index (χ0) is 37.2. The van der Waals surface area contributed by atoms with Crippen molar-refractivity contribution in [1.82, 2.24) is 0 Å². The Morgan fingerprint density at radius 2 is 0.700 bits per heavy atom. The van der Waals surface area contributed by atoms with Crippen LogP contribution in [-0.2, 0) is 37.9 Å². The van der Waals surface area contributed by atoms with E-state index < -0.39 is 0 Å². The van der Waals surface area contributed by atoms with Crippen LogP contribution in [0, 0.1) is 59.2 Å². The van der Waals surface area contributed by atoms with Gasteiger partial charge in [0.05, 0.1) is 48.8 Å². The van der Waals surface area contributed by atoms with Gasteiger partial charge in [-0.25, -0.2) is 0 Å². The highest BCUT2D eigenvalue weighted by Crippen LogP contribution is 2.45. The van der Waals surface area contributed by atoms with Crippen LogP contribution in [0.3, 0.4) is 0 Å².